The zero-order valence-corrected chi connectivity index (χ0v) is 21.4. The molecule has 1 unspecified atom stereocenters. The summed E-state index contributed by atoms with van der Waals surface area (Å²) >= 11 is 0. The van der Waals surface area contributed by atoms with Gasteiger partial charge in [-0.05, 0) is 12.5 Å². The summed E-state index contributed by atoms with van der Waals surface area (Å²) in [6.07, 6.45) is 0.967. The Morgan fingerprint density at radius 1 is 1.18 bits per heavy atom. The Labute approximate surface area is 210 Å². The number of nitrogens with one attached hydrogen (secondary N) is 3. The van der Waals surface area contributed by atoms with Gasteiger partial charge in [0.25, 0.3) is 5.69 Å². The van der Waals surface area contributed by atoms with Crippen LogP contribution >= 0.6 is 24.0 Å². The van der Waals surface area contributed by atoms with Gasteiger partial charge in [0.1, 0.15) is 17.2 Å². The van der Waals surface area contributed by atoms with Crippen molar-refractivity contribution in [2.24, 2.45) is 4.99 Å². The second-order valence-corrected chi connectivity index (χ2v) is 7.35. The van der Waals surface area contributed by atoms with Crippen molar-refractivity contribution in [1.29, 1.82) is 0 Å². The van der Waals surface area contributed by atoms with Crippen LogP contribution in [0.2, 0.25) is 0 Å². The lowest BCUT2D eigenvalue weighted by atomic mass is 10.2. The van der Waals surface area contributed by atoms with Gasteiger partial charge in [0.2, 0.25) is 0 Å². The smallest absolute Gasteiger partial charge is 0.292 e. The van der Waals surface area contributed by atoms with Crippen LogP contribution in [-0.4, -0.2) is 64.4 Å². The van der Waals surface area contributed by atoms with Crippen LogP contribution in [0.25, 0.3) is 0 Å². The number of benzene rings is 2. The predicted molar refractivity (Wildman–Crippen MR) is 142 cm³/mol. The maximum absolute atomic E-state index is 11.1. The van der Waals surface area contributed by atoms with Crippen LogP contribution in [0.3, 0.4) is 0 Å². The first-order chi connectivity index (χ1) is 15.5. The summed E-state index contributed by atoms with van der Waals surface area (Å²) in [5, 5.41) is 20.9. The van der Waals surface area contributed by atoms with E-state index < -0.39 is 0 Å². The van der Waals surface area contributed by atoms with E-state index in [2.05, 4.69) is 25.8 Å². The molecule has 0 radical (unpaired) electrons. The third-order valence-corrected chi connectivity index (χ3v) is 5.29. The maximum Gasteiger partial charge on any atom is 0.292 e. The number of methoxy groups -OCH3 is 2. The highest BCUT2D eigenvalue weighted by Crippen LogP contribution is 2.30. The maximum atomic E-state index is 11.1. The van der Waals surface area contributed by atoms with E-state index >= 15 is 0 Å². The van der Waals surface area contributed by atoms with Gasteiger partial charge in [0.15, 0.2) is 5.96 Å². The molecule has 1 fully saturated rings. The highest BCUT2D eigenvalue weighted by Gasteiger charge is 2.24. The summed E-state index contributed by atoms with van der Waals surface area (Å²) in [6.45, 7) is 2.82. The molecule has 3 N–H and O–H groups in total. The molecule has 1 saturated heterocycles. The number of nitrogens with zero attached hydrogens (tertiary/aromatic N) is 3. The summed E-state index contributed by atoms with van der Waals surface area (Å²) in [6, 6.07) is 12.7. The summed E-state index contributed by atoms with van der Waals surface area (Å²) in [7, 11) is 5.02. The molecule has 2 aromatic carbocycles. The van der Waals surface area contributed by atoms with Crippen molar-refractivity contribution >= 4 is 47.0 Å². The number of rotatable bonds is 9. The van der Waals surface area contributed by atoms with Crippen molar-refractivity contribution in [1.82, 2.24) is 10.6 Å². The van der Waals surface area contributed by atoms with E-state index in [1.807, 2.05) is 18.2 Å². The van der Waals surface area contributed by atoms with E-state index in [1.54, 1.807) is 39.5 Å². The van der Waals surface area contributed by atoms with Crippen molar-refractivity contribution in [3.05, 3.63) is 52.6 Å². The number of nitro groups is 1. The molecule has 11 heteroatoms. The van der Waals surface area contributed by atoms with Crippen LogP contribution in [0.4, 0.5) is 17.1 Å². The van der Waals surface area contributed by atoms with Gasteiger partial charge in [-0.2, -0.15) is 0 Å². The minimum absolute atomic E-state index is 0. The van der Waals surface area contributed by atoms with Gasteiger partial charge in [0.05, 0.1) is 19.1 Å². The van der Waals surface area contributed by atoms with Crippen molar-refractivity contribution in [3.8, 4) is 11.5 Å². The minimum Gasteiger partial charge on any atom is -0.497 e. The molecule has 1 heterocycles. The third-order valence-electron chi connectivity index (χ3n) is 5.29. The zero-order valence-electron chi connectivity index (χ0n) is 19.0. The summed E-state index contributed by atoms with van der Waals surface area (Å²) in [5.41, 5.74) is 1.62. The Morgan fingerprint density at radius 2 is 1.88 bits per heavy atom. The average Bonchev–Trinajstić information content (AvgIpc) is 3.29. The van der Waals surface area contributed by atoms with Crippen LogP contribution in [0.15, 0.2) is 47.5 Å². The number of nitro benzene ring substituents is 1. The molecule has 1 aliphatic rings. The van der Waals surface area contributed by atoms with E-state index in [4.69, 9.17) is 9.47 Å². The lowest BCUT2D eigenvalue weighted by Gasteiger charge is -2.21. The molecule has 0 saturated carbocycles. The van der Waals surface area contributed by atoms with Crippen LogP contribution in [0.1, 0.15) is 6.42 Å². The molecule has 10 nitrogen and oxygen atoms in total. The molecule has 1 atom stereocenters. The quantitative estimate of drug-likeness (QED) is 0.105. The molecule has 0 aromatic heterocycles. The fraction of sp³-hybridized carbons (Fsp3) is 0.409. The van der Waals surface area contributed by atoms with Gasteiger partial charge in [-0.1, -0.05) is 12.1 Å². The van der Waals surface area contributed by atoms with Crippen LogP contribution in [-0.2, 0) is 0 Å². The number of guanidine groups is 1. The largest absolute Gasteiger partial charge is 0.497 e. The van der Waals surface area contributed by atoms with Crippen LogP contribution < -0.4 is 30.3 Å². The molecule has 0 amide bonds. The van der Waals surface area contributed by atoms with Crippen molar-refractivity contribution in [2.45, 2.75) is 12.5 Å². The van der Waals surface area contributed by atoms with E-state index in [0.29, 0.717) is 24.7 Å². The normalized spacial score (nSPS) is 15.4. The second-order valence-electron chi connectivity index (χ2n) is 7.35. The van der Waals surface area contributed by atoms with Gasteiger partial charge >= 0.3 is 0 Å². The van der Waals surface area contributed by atoms with Gasteiger partial charge < -0.3 is 30.3 Å². The molecule has 3 rings (SSSR count). The molecule has 1 aliphatic heterocycles. The molecule has 0 bridgehead atoms. The molecule has 2 aromatic rings. The fourth-order valence-corrected chi connectivity index (χ4v) is 3.64. The van der Waals surface area contributed by atoms with Crippen molar-refractivity contribution in [3.63, 3.8) is 0 Å². The van der Waals surface area contributed by atoms with Crippen LogP contribution in [0, 0.1) is 10.1 Å². The van der Waals surface area contributed by atoms with Gasteiger partial charge in [-0.3, -0.25) is 15.1 Å². The summed E-state index contributed by atoms with van der Waals surface area (Å²) in [4.78, 5) is 17.3. The molecular formula is C22H31IN6O4. The highest BCUT2D eigenvalue weighted by molar-refractivity contribution is 14.0. The van der Waals surface area contributed by atoms with Gasteiger partial charge in [0, 0.05) is 69.2 Å². The molecule has 0 aliphatic carbocycles. The number of aliphatic imine (C=N–C) groups is 1. The van der Waals surface area contributed by atoms with E-state index in [1.165, 1.54) is 6.07 Å². The predicted octanol–water partition coefficient (Wildman–Crippen LogP) is 3.09. The third kappa shape index (κ3) is 7.27. The number of hydrogen-bond acceptors (Lipinski definition) is 7. The molecule has 180 valence electrons. The topological polar surface area (TPSA) is 113 Å². The molecule has 0 spiro atoms. The lowest BCUT2D eigenvalue weighted by molar-refractivity contribution is -0.384. The number of anilines is 2. The monoisotopic (exact) mass is 570 g/mol. The first-order valence-corrected chi connectivity index (χ1v) is 10.5. The van der Waals surface area contributed by atoms with Crippen molar-refractivity contribution < 1.29 is 14.4 Å². The Bertz CT molecular complexity index is 936. The van der Waals surface area contributed by atoms with Gasteiger partial charge in [-0.15, -0.1) is 24.0 Å². The first kappa shape index (κ1) is 26.3. The number of ether oxygens (including phenoxy) is 2. The van der Waals surface area contributed by atoms with Crippen molar-refractivity contribution in [2.75, 3.05) is 57.7 Å². The fourth-order valence-electron chi connectivity index (χ4n) is 3.64. The summed E-state index contributed by atoms with van der Waals surface area (Å²) in [5.74, 6) is 2.23. The Morgan fingerprint density at radius 3 is 2.52 bits per heavy atom. The second kappa shape index (κ2) is 12.9. The SMILES string of the molecule is CN=C(NCCNc1ccccc1[N+](=O)[O-])NC1CCN(c2cc(OC)cc(OC)c2)C1.I. The van der Waals surface area contributed by atoms with Crippen LogP contribution in [0.5, 0.6) is 11.5 Å². The van der Waals surface area contributed by atoms with E-state index in [-0.39, 0.29) is 40.6 Å². The Kier molecular flexibility index (Phi) is 10.3. The van der Waals surface area contributed by atoms with E-state index in [0.717, 1.165) is 36.7 Å². The first-order valence-electron chi connectivity index (χ1n) is 10.5. The molecule has 33 heavy (non-hydrogen) atoms. The standard InChI is InChI=1S/C22H30N6O4.HI/c1-23-22(25-10-9-24-20-6-4-5-7-21(20)28(29)30)26-16-8-11-27(15-16)17-12-18(31-2)14-19(13-17)32-3;/h4-7,12-14,16,24H,8-11,15H2,1-3H3,(H2,23,25,26);1H. The number of hydrogen-bond donors (Lipinski definition) is 3. The lowest BCUT2D eigenvalue weighted by Crippen LogP contribution is -2.45. The average molecular weight is 570 g/mol. The summed E-state index contributed by atoms with van der Waals surface area (Å²) < 4.78 is 10.8. The van der Waals surface area contributed by atoms with E-state index in [9.17, 15) is 10.1 Å². The zero-order chi connectivity index (χ0) is 22.9. The Balaban J connectivity index is 0.00000385. The minimum atomic E-state index is -0.389. The number of para-hydroxylation sites is 2. The molecular weight excluding hydrogens is 539 g/mol. The number of halogens is 1. The Hall–Kier alpha value is -2.96. The highest BCUT2D eigenvalue weighted by atomic mass is 127. The van der Waals surface area contributed by atoms with Gasteiger partial charge in [-0.25, -0.2) is 0 Å².